The lowest BCUT2D eigenvalue weighted by atomic mass is 10.2. The number of ether oxygens (including phenoxy) is 1. The normalized spacial score (nSPS) is 10.1. The summed E-state index contributed by atoms with van der Waals surface area (Å²) < 4.78 is 4.46. The number of carbonyl (C=O) groups is 2. The SMILES string of the molecule is COC(=O)CCCONC(=O)c1ccc(Cl)c(Cl)c1. The lowest BCUT2D eigenvalue weighted by molar-refractivity contribution is -0.141. The van der Waals surface area contributed by atoms with Crippen LogP contribution in [0.5, 0.6) is 0 Å². The summed E-state index contributed by atoms with van der Waals surface area (Å²) in [5.41, 5.74) is 2.58. The van der Waals surface area contributed by atoms with Crippen LogP contribution in [0.25, 0.3) is 0 Å². The summed E-state index contributed by atoms with van der Waals surface area (Å²) >= 11 is 11.5. The van der Waals surface area contributed by atoms with Crippen LogP contribution in [-0.4, -0.2) is 25.6 Å². The van der Waals surface area contributed by atoms with Gasteiger partial charge in [0.05, 0.1) is 23.8 Å². The molecule has 0 bridgehead atoms. The third-order valence-corrected chi connectivity index (χ3v) is 2.94. The van der Waals surface area contributed by atoms with Crippen molar-refractivity contribution in [1.82, 2.24) is 5.48 Å². The maximum atomic E-state index is 11.6. The fourth-order valence-corrected chi connectivity index (χ4v) is 1.50. The summed E-state index contributed by atoms with van der Waals surface area (Å²) in [6.07, 6.45) is 0.688. The van der Waals surface area contributed by atoms with Crippen LogP contribution in [0.3, 0.4) is 0 Å². The average Bonchev–Trinajstić information content (AvgIpc) is 2.40. The minimum atomic E-state index is -0.434. The van der Waals surface area contributed by atoms with Crippen molar-refractivity contribution in [2.45, 2.75) is 12.8 Å². The first-order valence-electron chi connectivity index (χ1n) is 5.48. The zero-order valence-corrected chi connectivity index (χ0v) is 11.8. The minimum Gasteiger partial charge on any atom is -0.469 e. The number of rotatable bonds is 6. The number of esters is 1. The van der Waals surface area contributed by atoms with Gasteiger partial charge in [-0.1, -0.05) is 23.2 Å². The van der Waals surface area contributed by atoms with Crippen molar-refractivity contribution in [2.24, 2.45) is 0 Å². The van der Waals surface area contributed by atoms with E-state index >= 15 is 0 Å². The zero-order chi connectivity index (χ0) is 14.3. The molecule has 0 atom stereocenters. The van der Waals surface area contributed by atoms with Crippen LogP contribution in [-0.2, 0) is 14.4 Å². The molecule has 0 aliphatic heterocycles. The van der Waals surface area contributed by atoms with Gasteiger partial charge in [-0.3, -0.25) is 14.4 Å². The van der Waals surface area contributed by atoms with Crippen LogP contribution in [0.4, 0.5) is 0 Å². The second-order valence-corrected chi connectivity index (χ2v) is 4.40. The molecular formula is C12H13Cl2NO4. The topological polar surface area (TPSA) is 64.6 Å². The Hall–Kier alpha value is -1.30. The van der Waals surface area contributed by atoms with E-state index in [1.807, 2.05) is 0 Å². The van der Waals surface area contributed by atoms with Crippen molar-refractivity contribution in [3.05, 3.63) is 33.8 Å². The molecule has 5 nitrogen and oxygen atoms in total. The highest BCUT2D eigenvalue weighted by Gasteiger charge is 2.08. The monoisotopic (exact) mass is 305 g/mol. The Kier molecular flexibility index (Phi) is 6.62. The second-order valence-electron chi connectivity index (χ2n) is 3.59. The lowest BCUT2D eigenvalue weighted by Gasteiger charge is -2.06. The first kappa shape index (κ1) is 15.8. The number of amides is 1. The highest BCUT2D eigenvalue weighted by atomic mass is 35.5. The average molecular weight is 306 g/mol. The van der Waals surface area contributed by atoms with Gasteiger partial charge < -0.3 is 4.74 Å². The van der Waals surface area contributed by atoms with E-state index in [9.17, 15) is 9.59 Å². The van der Waals surface area contributed by atoms with Gasteiger partial charge in [0.25, 0.3) is 5.91 Å². The number of methoxy groups -OCH3 is 1. The van der Waals surface area contributed by atoms with Crippen LogP contribution in [0.1, 0.15) is 23.2 Å². The van der Waals surface area contributed by atoms with Crippen molar-refractivity contribution in [3.8, 4) is 0 Å². The summed E-state index contributed by atoms with van der Waals surface area (Å²) in [6, 6.07) is 4.49. The predicted octanol–water partition coefficient (Wildman–Crippen LogP) is 2.61. The number of nitrogens with one attached hydrogen (secondary N) is 1. The maximum absolute atomic E-state index is 11.6. The van der Waals surface area contributed by atoms with E-state index in [1.54, 1.807) is 0 Å². The van der Waals surface area contributed by atoms with Gasteiger partial charge in [0.2, 0.25) is 0 Å². The molecule has 0 unspecified atom stereocenters. The molecule has 0 aromatic heterocycles. The molecule has 0 fully saturated rings. The Labute approximate surface area is 120 Å². The second kappa shape index (κ2) is 7.99. The van der Waals surface area contributed by atoms with E-state index in [0.717, 1.165) is 0 Å². The van der Waals surface area contributed by atoms with Gasteiger partial charge in [0.1, 0.15) is 0 Å². The zero-order valence-electron chi connectivity index (χ0n) is 10.2. The van der Waals surface area contributed by atoms with E-state index in [-0.39, 0.29) is 19.0 Å². The highest BCUT2D eigenvalue weighted by Crippen LogP contribution is 2.22. The van der Waals surface area contributed by atoms with Gasteiger partial charge >= 0.3 is 5.97 Å². The number of benzene rings is 1. The van der Waals surface area contributed by atoms with Gasteiger partial charge in [-0.25, -0.2) is 5.48 Å². The van der Waals surface area contributed by atoms with Crippen LogP contribution >= 0.6 is 23.2 Å². The molecular weight excluding hydrogens is 293 g/mol. The molecule has 0 aliphatic carbocycles. The largest absolute Gasteiger partial charge is 0.469 e. The fourth-order valence-electron chi connectivity index (χ4n) is 1.20. The smallest absolute Gasteiger partial charge is 0.305 e. The molecule has 0 spiro atoms. The third kappa shape index (κ3) is 5.46. The van der Waals surface area contributed by atoms with E-state index < -0.39 is 5.91 Å². The molecule has 7 heteroatoms. The number of halogens is 2. The van der Waals surface area contributed by atoms with Gasteiger partial charge in [0, 0.05) is 12.0 Å². The summed E-state index contributed by atoms with van der Waals surface area (Å²) in [5, 5.41) is 0.664. The molecule has 0 aliphatic rings. The molecule has 1 amide bonds. The van der Waals surface area contributed by atoms with Crippen molar-refractivity contribution in [3.63, 3.8) is 0 Å². The molecule has 1 aromatic rings. The highest BCUT2D eigenvalue weighted by molar-refractivity contribution is 6.42. The van der Waals surface area contributed by atoms with Crippen LogP contribution in [0.2, 0.25) is 10.0 Å². The summed E-state index contributed by atoms with van der Waals surface area (Å²) in [5.74, 6) is -0.754. The molecule has 1 aromatic carbocycles. The molecule has 1 N–H and O–H groups in total. The Morgan fingerprint density at radius 1 is 1.26 bits per heavy atom. The van der Waals surface area contributed by atoms with Crippen molar-refractivity contribution in [2.75, 3.05) is 13.7 Å². The molecule has 1 rings (SSSR count). The lowest BCUT2D eigenvalue weighted by Crippen LogP contribution is -2.24. The summed E-state index contributed by atoms with van der Waals surface area (Å²) in [6.45, 7) is 0.210. The Balaban J connectivity index is 2.31. The van der Waals surface area contributed by atoms with Crippen LogP contribution in [0.15, 0.2) is 18.2 Å². The van der Waals surface area contributed by atoms with Gasteiger partial charge in [-0.2, -0.15) is 0 Å². The first-order valence-corrected chi connectivity index (χ1v) is 6.24. The molecule has 0 heterocycles. The first-order chi connectivity index (χ1) is 9.04. The van der Waals surface area contributed by atoms with E-state index in [2.05, 4.69) is 10.2 Å². The van der Waals surface area contributed by atoms with Gasteiger partial charge in [-0.05, 0) is 24.6 Å². The van der Waals surface area contributed by atoms with Crippen LogP contribution in [0, 0.1) is 0 Å². The molecule has 0 saturated carbocycles. The quantitative estimate of drug-likeness (QED) is 0.498. The molecule has 104 valence electrons. The number of hydrogen-bond acceptors (Lipinski definition) is 4. The summed E-state index contributed by atoms with van der Waals surface area (Å²) in [4.78, 5) is 27.4. The molecule has 19 heavy (non-hydrogen) atoms. The molecule has 0 radical (unpaired) electrons. The van der Waals surface area contributed by atoms with E-state index in [0.29, 0.717) is 22.0 Å². The summed E-state index contributed by atoms with van der Waals surface area (Å²) in [7, 11) is 1.31. The van der Waals surface area contributed by atoms with Crippen molar-refractivity contribution < 1.29 is 19.2 Å². The molecule has 0 saturated heterocycles. The van der Waals surface area contributed by atoms with Crippen molar-refractivity contribution in [1.29, 1.82) is 0 Å². The van der Waals surface area contributed by atoms with Crippen molar-refractivity contribution >= 4 is 35.1 Å². The van der Waals surface area contributed by atoms with Gasteiger partial charge in [0.15, 0.2) is 0 Å². The van der Waals surface area contributed by atoms with Gasteiger partial charge in [-0.15, -0.1) is 0 Å². The Morgan fingerprint density at radius 3 is 2.63 bits per heavy atom. The Bertz CT molecular complexity index is 465. The Morgan fingerprint density at radius 2 is 2.00 bits per heavy atom. The maximum Gasteiger partial charge on any atom is 0.305 e. The fraction of sp³-hybridized carbons (Fsp3) is 0.333. The predicted molar refractivity (Wildman–Crippen MR) is 71.1 cm³/mol. The van der Waals surface area contributed by atoms with Crippen LogP contribution < -0.4 is 5.48 Å². The number of hydrogen-bond donors (Lipinski definition) is 1. The van der Waals surface area contributed by atoms with E-state index in [1.165, 1.54) is 25.3 Å². The van der Waals surface area contributed by atoms with E-state index in [4.69, 9.17) is 28.0 Å². The third-order valence-electron chi connectivity index (χ3n) is 2.20. The standard InChI is InChI=1S/C12H13Cl2NO4/c1-18-11(16)3-2-6-19-15-12(17)8-4-5-9(13)10(14)7-8/h4-5,7H,2-3,6H2,1H3,(H,15,17). The number of hydroxylamine groups is 1. The minimum absolute atomic E-state index is 0.210. The number of carbonyl (C=O) groups excluding carboxylic acids is 2.